The minimum absolute atomic E-state index is 0.0996. The Bertz CT molecular complexity index is 926. The van der Waals surface area contributed by atoms with Crippen LogP contribution in [0.25, 0.3) is 0 Å². The summed E-state index contributed by atoms with van der Waals surface area (Å²) in [5, 5.41) is 5.21. The van der Waals surface area contributed by atoms with Crippen molar-refractivity contribution < 1.29 is 14.4 Å². The van der Waals surface area contributed by atoms with E-state index < -0.39 is 11.8 Å². The Morgan fingerprint density at radius 3 is 2.89 bits per heavy atom. The van der Waals surface area contributed by atoms with E-state index >= 15 is 0 Å². The van der Waals surface area contributed by atoms with Gasteiger partial charge in [-0.3, -0.25) is 19.4 Å². The smallest absolute Gasteiger partial charge is 0.313 e. The highest BCUT2D eigenvalue weighted by molar-refractivity contribution is 6.39. The van der Waals surface area contributed by atoms with Gasteiger partial charge in [0, 0.05) is 18.4 Å². The van der Waals surface area contributed by atoms with Crippen molar-refractivity contribution in [2.24, 2.45) is 0 Å². The van der Waals surface area contributed by atoms with Gasteiger partial charge < -0.3 is 15.5 Å². The standard InChI is InChI=1S/C20H20N4O3/c1-12-16-10-15(9-13-5-4-8-24(17(13)16)20(12)27)23-19(26)18(25)22-11-14-6-2-3-7-21-14/h2-3,6-7,9-10,12H,4-5,8,11H2,1H3,(H,22,25)(H,23,26)/t12-/m0/s1. The second-order valence-corrected chi connectivity index (χ2v) is 6.85. The SMILES string of the molecule is C[C@@H]1C(=O)N2CCCc3cc(NC(=O)C(=O)NCc4ccccn4)cc1c32. The number of hydrogen-bond donors (Lipinski definition) is 2. The molecule has 1 atom stereocenters. The first kappa shape index (κ1) is 17.2. The number of nitrogens with zero attached hydrogens (tertiary/aromatic N) is 2. The van der Waals surface area contributed by atoms with Crippen LogP contribution in [0.15, 0.2) is 36.5 Å². The molecule has 138 valence electrons. The molecule has 0 spiro atoms. The fraction of sp³-hybridized carbons (Fsp3) is 0.300. The molecule has 0 aliphatic carbocycles. The Morgan fingerprint density at radius 1 is 1.26 bits per heavy atom. The molecule has 4 rings (SSSR count). The quantitative estimate of drug-likeness (QED) is 0.812. The number of aryl methyl sites for hydroxylation is 1. The van der Waals surface area contributed by atoms with Crippen molar-refractivity contribution in [3.05, 3.63) is 53.3 Å². The van der Waals surface area contributed by atoms with Crippen LogP contribution >= 0.6 is 0 Å². The summed E-state index contributed by atoms with van der Waals surface area (Å²) in [5.74, 6) is -1.59. The van der Waals surface area contributed by atoms with E-state index in [9.17, 15) is 14.4 Å². The molecule has 1 aromatic heterocycles. The predicted molar refractivity (Wildman–Crippen MR) is 100 cm³/mol. The topological polar surface area (TPSA) is 91.4 Å². The zero-order chi connectivity index (χ0) is 19.0. The Balaban J connectivity index is 1.48. The molecule has 7 heteroatoms. The highest BCUT2D eigenvalue weighted by Crippen LogP contribution is 2.44. The van der Waals surface area contributed by atoms with E-state index in [1.54, 1.807) is 24.4 Å². The number of amides is 3. The van der Waals surface area contributed by atoms with Gasteiger partial charge in [0.2, 0.25) is 5.91 Å². The number of carbonyl (C=O) groups excluding carboxylic acids is 3. The molecule has 0 radical (unpaired) electrons. The van der Waals surface area contributed by atoms with Gasteiger partial charge in [-0.1, -0.05) is 6.07 Å². The molecule has 2 N–H and O–H groups in total. The molecule has 2 aliphatic heterocycles. The fourth-order valence-electron chi connectivity index (χ4n) is 3.71. The van der Waals surface area contributed by atoms with E-state index in [0.29, 0.717) is 11.4 Å². The van der Waals surface area contributed by atoms with E-state index in [-0.39, 0.29) is 18.4 Å². The van der Waals surface area contributed by atoms with E-state index in [4.69, 9.17) is 0 Å². The van der Waals surface area contributed by atoms with Crippen LogP contribution in [0.4, 0.5) is 11.4 Å². The predicted octanol–water partition coefficient (Wildman–Crippen LogP) is 1.73. The van der Waals surface area contributed by atoms with Gasteiger partial charge in [0.05, 0.1) is 23.8 Å². The molecule has 7 nitrogen and oxygen atoms in total. The first-order valence-electron chi connectivity index (χ1n) is 9.02. The van der Waals surface area contributed by atoms with Crippen LogP contribution < -0.4 is 15.5 Å². The van der Waals surface area contributed by atoms with Crippen molar-refractivity contribution in [1.82, 2.24) is 10.3 Å². The third kappa shape index (κ3) is 3.16. The maximum Gasteiger partial charge on any atom is 0.313 e. The second kappa shape index (κ2) is 6.83. The number of benzene rings is 1. The maximum atomic E-state index is 12.4. The Kier molecular flexibility index (Phi) is 4.35. The zero-order valence-corrected chi connectivity index (χ0v) is 15.0. The van der Waals surface area contributed by atoms with Gasteiger partial charge in [-0.15, -0.1) is 0 Å². The lowest BCUT2D eigenvalue weighted by Gasteiger charge is -2.26. The van der Waals surface area contributed by atoms with Crippen LogP contribution in [0.3, 0.4) is 0 Å². The van der Waals surface area contributed by atoms with Crippen LogP contribution in [0.5, 0.6) is 0 Å². The Hall–Kier alpha value is -3.22. The van der Waals surface area contributed by atoms with Gasteiger partial charge >= 0.3 is 11.8 Å². The summed E-state index contributed by atoms with van der Waals surface area (Å²) < 4.78 is 0. The molecule has 1 aromatic carbocycles. The Morgan fingerprint density at radius 2 is 2.11 bits per heavy atom. The fourth-order valence-corrected chi connectivity index (χ4v) is 3.71. The summed E-state index contributed by atoms with van der Waals surface area (Å²) in [6.07, 6.45) is 3.38. The van der Waals surface area contributed by atoms with Gasteiger partial charge in [0.1, 0.15) is 0 Å². The van der Waals surface area contributed by atoms with Gasteiger partial charge in [-0.2, -0.15) is 0 Å². The molecule has 2 aromatic rings. The molecule has 0 unspecified atom stereocenters. The monoisotopic (exact) mass is 364 g/mol. The molecule has 3 amide bonds. The zero-order valence-electron chi connectivity index (χ0n) is 15.0. The number of nitrogens with one attached hydrogen (secondary N) is 2. The summed E-state index contributed by atoms with van der Waals surface area (Å²) in [6.45, 7) is 2.80. The summed E-state index contributed by atoms with van der Waals surface area (Å²) >= 11 is 0. The number of rotatable bonds is 3. The lowest BCUT2D eigenvalue weighted by atomic mass is 9.96. The van der Waals surface area contributed by atoms with E-state index in [1.165, 1.54) is 0 Å². The van der Waals surface area contributed by atoms with Gasteiger partial charge in [0.25, 0.3) is 0 Å². The summed E-state index contributed by atoms with van der Waals surface area (Å²) in [7, 11) is 0. The van der Waals surface area contributed by atoms with Crippen molar-refractivity contribution in [3.63, 3.8) is 0 Å². The number of aromatic nitrogens is 1. The molecular weight excluding hydrogens is 344 g/mol. The Labute approximate surface area is 156 Å². The molecule has 3 heterocycles. The maximum absolute atomic E-state index is 12.4. The number of anilines is 2. The molecule has 0 fully saturated rings. The van der Waals surface area contributed by atoms with Gasteiger partial charge in [0.15, 0.2) is 0 Å². The van der Waals surface area contributed by atoms with E-state index in [1.807, 2.05) is 24.0 Å². The molecule has 0 saturated carbocycles. The number of hydrogen-bond acceptors (Lipinski definition) is 4. The molecular formula is C20H20N4O3. The highest BCUT2D eigenvalue weighted by Gasteiger charge is 2.38. The normalized spacial score (nSPS) is 17.4. The molecule has 2 aliphatic rings. The second-order valence-electron chi connectivity index (χ2n) is 6.85. The summed E-state index contributed by atoms with van der Waals surface area (Å²) in [4.78, 5) is 42.7. The van der Waals surface area contributed by atoms with Gasteiger partial charge in [-0.25, -0.2) is 0 Å². The molecule has 0 saturated heterocycles. The van der Waals surface area contributed by atoms with Crippen LogP contribution in [0.2, 0.25) is 0 Å². The minimum Gasteiger partial charge on any atom is -0.342 e. The van der Waals surface area contributed by atoms with Crippen molar-refractivity contribution in [2.75, 3.05) is 16.8 Å². The highest BCUT2D eigenvalue weighted by atomic mass is 16.2. The number of carbonyl (C=O) groups is 3. The lowest BCUT2D eigenvalue weighted by molar-refractivity contribution is -0.136. The molecule has 0 bridgehead atoms. The molecule has 27 heavy (non-hydrogen) atoms. The average molecular weight is 364 g/mol. The largest absolute Gasteiger partial charge is 0.342 e. The van der Waals surface area contributed by atoms with Crippen LogP contribution in [-0.4, -0.2) is 29.3 Å². The lowest BCUT2D eigenvalue weighted by Crippen LogP contribution is -2.35. The van der Waals surface area contributed by atoms with E-state index in [0.717, 1.165) is 36.2 Å². The minimum atomic E-state index is -0.734. The van der Waals surface area contributed by atoms with Crippen LogP contribution in [0.1, 0.15) is 36.1 Å². The van der Waals surface area contributed by atoms with Crippen molar-refractivity contribution in [3.8, 4) is 0 Å². The van der Waals surface area contributed by atoms with Crippen LogP contribution in [-0.2, 0) is 27.3 Å². The first-order valence-corrected chi connectivity index (χ1v) is 9.02. The van der Waals surface area contributed by atoms with Crippen LogP contribution in [0, 0.1) is 0 Å². The van der Waals surface area contributed by atoms with Crippen molar-refractivity contribution in [2.45, 2.75) is 32.2 Å². The number of pyridine rings is 1. The average Bonchev–Trinajstić information content (AvgIpc) is 2.93. The summed E-state index contributed by atoms with van der Waals surface area (Å²) in [6, 6.07) is 9.03. The van der Waals surface area contributed by atoms with Crippen molar-refractivity contribution in [1.29, 1.82) is 0 Å². The third-order valence-electron chi connectivity index (χ3n) is 5.04. The first-order chi connectivity index (χ1) is 13.0. The van der Waals surface area contributed by atoms with Gasteiger partial charge in [-0.05, 0) is 55.2 Å². The van der Waals surface area contributed by atoms with E-state index in [2.05, 4.69) is 15.6 Å². The summed E-state index contributed by atoms with van der Waals surface area (Å²) in [5.41, 5.74) is 4.16. The van der Waals surface area contributed by atoms with Crippen molar-refractivity contribution >= 4 is 29.1 Å². The third-order valence-corrected chi connectivity index (χ3v) is 5.04.